The Balaban J connectivity index is 1.96. The number of hydrogen-bond acceptors (Lipinski definition) is 5. The summed E-state index contributed by atoms with van der Waals surface area (Å²) in [5.41, 5.74) is 4.87. The molecule has 3 N–H and O–H groups in total. The predicted molar refractivity (Wildman–Crippen MR) is 105 cm³/mol. The molecule has 2 heterocycles. The van der Waals surface area contributed by atoms with Crippen molar-refractivity contribution in [2.75, 3.05) is 5.32 Å². The van der Waals surface area contributed by atoms with Crippen LogP contribution < -0.4 is 15.8 Å². The second-order valence-electron chi connectivity index (χ2n) is 7.80. The quantitative estimate of drug-likeness (QED) is 0.721. The lowest BCUT2D eigenvalue weighted by Crippen LogP contribution is -2.33. The van der Waals surface area contributed by atoms with Gasteiger partial charge in [-0.15, -0.1) is 0 Å². The van der Waals surface area contributed by atoms with Crippen LogP contribution in [-0.4, -0.2) is 35.1 Å². The van der Waals surface area contributed by atoms with E-state index in [9.17, 15) is 22.8 Å². The molecule has 1 aliphatic heterocycles. The first-order valence-electron chi connectivity index (χ1n) is 9.48. The molecule has 0 saturated carbocycles. The van der Waals surface area contributed by atoms with Gasteiger partial charge in [0.1, 0.15) is 23.4 Å². The smallest absolute Gasteiger partial charge is 0.387 e. The lowest BCUT2D eigenvalue weighted by Gasteiger charge is -2.26. The Hall–Kier alpha value is -3.14. The Morgan fingerprint density at radius 3 is 2.61 bits per heavy atom. The van der Waals surface area contributed by atoms with Crippen LogP contribution in [0.3, 0.4) is 0 Å². The minimum atomic E-state index is -3.16. The molecule has 10 heteroatoms. The van der Waals surface area contributed by atoms with Gasteiger partial charge < -0.3 is 20.5 Å². The van der Waals surface area contributed by atoms with E-state index >= 15 is 0 Å². The number of nitrogens with two attached hydrogens (primary N) is 1. The van der Waals surface area contributed by atoms with Crippen molar-refractivity contribution in [1.29, 1.82) is 0 Å². The maximum atomic E-state index is 13.7. The lowest BCUT2D eigenvalue weighted by atomic mass is 9.78. The summed E-state index contributed by atoms with van der Waals surface area (Å²) in [5, 5.41) is 2.63. The largest absolute Gasteiger partial charge is 0.434 e. The zero-order valence-electron chi connectivity index (χ0n) is 17.1. The van der Waals surface area contributed by atoms with Gasteiger partial charge in [0, 0.05) is 29.4 Å². The summed E-state index contributed by atoms with van der Waals surface area (Å²) < 4.78 is 50.0. The van der Waals surface area contributed by atoms with E-state index in [1.54, 1.807) is 13.8 Å². The summed E-state index contributed by atoms with van der Waals surface area (Å²) in [6, 6.07) is 6.06. The second kappa shape index (κ2) is 8.54. The van der Waals surface area contributed by atoms with E-state index in [0.29, 0.717) is 0 Å². The average molecular weight is 437 g/mol. The third-order valence-corrected chi connectivity index (χ3v) is 5.48. The van der Waals surface area contributed by atoms with Crippen LogP contribution in [0.5, 0.6) is 5.75 Å². The van der Waals surface area contributed by atoms with Gasteiger partial charge in [0.2, 0.25) is 0 Å². The van der Waals surface area contributed by atoms with Gasteiger partial charge in [0.05, 0.1) is 5.60 Å². The maximum absolute atomic E-state index is 13.7. The SMILES string of the molecule is C[C@H]1[C@@H](c2ccc(F)cc2OC(F)F)[C@@H](C(=O)Nc2ccnc(C(N)=O)c2)OC1(C)C. The molecule has 1 aromatic heterocycles. The predicted octanol–water partition coefficient (Wildman–Crippen LogP) is 3.46. The van der Waals surface area contributed by atoms with Crippen molar-refractivity contribution in [3.63, 3.8) is 0 Å². The van der Waals surface area contributed by atoms with Gasteiger partial charge in [-0.2, -0.15) is 8.78 Å². The molecule has 0 radical (unpaired) electrons. The first-order valence-corrected chi connectivity index (χ1v) is 9.48. The number of ether oxygens (including phenoxy) is 2. The number of hydrogen-bond donors (Lipinski definition) is 2. The highest BCUT2D eigenvalue weighted by atomic mass is 19.3. The van der Waals surface area contributed by atoms with Gasteiger partial charge in [-0.1, -0.05) is 13.0 Å². The number of nitrogens with one attached hydrogen (secondary N) is 1. The number of primary amides is 1. The van der Waals surface area contributed by atoms with E-state index in [1.165, 1.54) is 24.4 Å². The number of amides is 2. The summed E-state index contributed by atoms with van der Waals surface area (Å²) >= 11 is 0. The van der Waals surface area contributed by atoms with Gasteiger partial charge in [-0.05, 0) is 38.0 Å². The van der Waals surface area contributed by atoms with Crippen molar-refractivity contribution in [3.05, 3.63) is 53.6 Å². The van der Waals surface area contributed by atoms with Gasteiger partial charge in [-0.3, -0.25) is 14.6 Å². The standard InChI is InChI=1S/C21H22F3N3O4/c1-10-16(13-5-4-11(22)8-15(13)30-20(23)24)17(31-21(10,2)3)19(29)27-12-6-7-26-14(9-12)18(25)28/h4-10,16-17,20H,1-3H3,(H2,25,28)(H,26,27,29)/t10-,16-,17-/m0/s1. The number of carbonyl (C=O) groups excluding carboxylic acids is 2. The number of carbonyl (C=O) groups is 2. The summed E-state index contributed by atoms with van der Waals surface area (Å²) in [6.45, 7) is 2.19. The monoisotopic (exact) mass is 437 g/mol. The fourth-order valence-electron chi connectivity index (χ4n) is 3.69. The Morgan fingerprint density at radius 2 is 1.97 bits per heavy atom. The van der Waals surface area contributed by atoms with Crippen molar-refractivity contribution in [2.45, 2.75) is 45.0 Å². The van der Waals surface area contributed by atoms with Crippen molar-refractivity contribution >= 4 is 17.5 Å². The van der Waals surface area contributed by atoms with E-state index in [0.717, 1.165) is 12.1 Å². The van der Waals surface area contributed by atoms with Crippen molar-refractivity contribution in [3.8, 4) is 5.75 Å². The minimum Gasteiger partial charge on any atom is -0.434 e. The molecule has 166 valence electrons. The van der Waals surface area contributed by atoms with Gasteiger partial charge in [0.15, 0.2) is 0 Å². The number of alkyl halides is 2. The zero-order valence-corrected chi connectivity index (χ0v) is 17.1. The number of halogens is 3. The molecular formula is C21H22F3N3O4. The van der Waals surface area contributed by atoms with E-state index in [-0.39, 0.29) is 28.6 Å². The highest BCUT2D eigenvalue weighted by molar-refractivity contribution is 5.97. The van der Waals surface area contributed by atoms with Crippen molar-refractivity contribution in [1.82, 2.24) is 4.98 Å². The number of rotatable bonds is 6. The third-order valence-electron chi connectivity index (χ3n) is 5.48. The molecule has 3 rings (SSSR count). The molecular weight excluding hydrogens is 415 g/mol. The highest BCUT2D eigenvalue weighted by Gasteiger charge is 2.51. The van der Waals surface area contributed by atoms with Crippen LogP contribution in [0.25, 0.3) is 0 Å². The molecule has 2 amide bonds. The van der Waals surface area contributed by atoms with Gasteiger partial charge >= 0.3 is 6.61 Å². The third kappa shape index (κ3) is 4.79. The number of aromatic nitrogens is 1. The summed E-state index contributed by atoms with van der Waals surface area (Å²) in [6.07, 6.45) is 0.213. The van der Waals surface area contributed by atoms with E-state index < -0.39 is 41.9 Å². The van der Waals surface area contributed by atoms with E-state index in [1.807, 2.05) is 6.92 Å². The minimum absolute atomic E-state index is 0.0402. The van der Waals surface area contributed by atoms with Crippen LogP contribution >= 0.6 is 0 Å². The van der Waals surface area contributed by atoms with Crippen LogP contribution in [0.1, 0.15) is 42.7 Å². The number of pyridine rings is 1. The molecule has 1 aliphatic rings. The molecule has 3 atom stereocenters. The first kappa shape index (κ1) is 22.5. The highest BCUT2D eigenvalue weighted by Crippen LogP contribution is 2.48. The van der Waals surface area contributed by atoms with E-state index in [4.69, 9.17) is 10.5 Å². The van der Waals surface area contributed by atoms with Crippen LogP contribution in [-0.2, 0) is 9.53 Å². The Labute approximate surface area is 176 Å². The number of benzene rings is 1. The van der Waals surface area contributed by atoms with Gasteiger partial charge in [-0.25, -0.2) is 4.39 Å². The molecule has 0 spiro atoms. The van der Waals surface area contributed by atoms with Gasteiger partial charge in [0.25, 0.3) is 11.8 Å². The molecule has 1 fully saturated rings. The zero-order chi connectivity index (χ0) is 22.9. The summed E-state index contributed by atoms with van der Waals surface area (Å²) in [7, 11) is 0. The molecule has 2 aromatic rings. The van der Waals surface area contributed by atoms with Crippen LogP contribution in [0.4, 0.5) is 18.9 Å². The molecule has 31 heavy (non-hydrogen) atoms. The van der Waals surface area contributed by atoms with Crippen LogP contribution in [0, 0.1) is 11.7 Å². The summed E-state index contributed by atoms with van der Waals surface area (Å²) in [5.74, 6) is -3.46. The lowest BCUT2D eigenvalue weighted by molar-refractivity contribution is -0.131. The molecule has 1 aromatic carbocycles. The molecule has 0 bridgehead atoms. The Morgan fingerprint density at radius 1 is 1.26 bits per heavy atom. The first-order chi connectivity index (χ1) is 14.5. The summed E-state index contributed by atoms with van der Waals surface area (Å²) in [4.78, 5) is 28.2. The fraction of sp³-hybridized carbons (Fsp3) is 0.381. The van der Waals surface area contributed by atoms with Crippen LogP contribution in [0.2, 0.25) is 0 Å². The second-order valence-corrected chi connectivity index (χ2v) is 7.80. The maximum Gasteiger partial charge on any atom is 0.387 e. The molecule has 0 unspecified atom stereocenters. The fourth-order valence-corrected chi connectivity index (χ4v) is 3.69. The number of anilines is 1. The molecule has 1 saturated heterocycles. The molecule has 7 nitrogen and oxygen atoms in total. The molecule has 0 aliphatic carbocycles. The Kier molecular flexibility index (Phi) is 6.21. The average Bonchev–Trinajstić information content (AvgIpc) is 2.91. The van der Waals surface area contributed by atoms with Crippen molar-refractivity contribution < 1.29 is 32.2 Å². The van der Waals surface area contributed by atoms with Crippen LogP contribution in [0.15, 0.2) is 36.5 Å². The normalized spacial score (nSPS) is 22.4. The number of nitrogens with zero attached hydrogens (tertiary/aromatic N) is 1. The van der Waals surface area contributed by atoms with E-state index in [2.05, 4.69) is 15.0 Å². The topological polar surface area (TPSA) is 104 Å². The van der Waals surface area contributed by atoms with Crippen molar-refractivity contribution in [2.24, 2.45) is 11.7 Å². The Bertz CT molecular complexity index is 1000.